The molecule has 0 radical (unpaired) electrons. The van der Waals surface area contributed by atoms with Gasteiger partial charge in [-0.15, -0.1) is 22.6 Å². The number of nitrogens with zero attached hydrogens (tertiary/aromatic N) is 2. The van der Waals surface area contributed by atoms with Crippen molar-refractivity contribution in [2.45, 2.75) is 35.0 Å². The zero-order valence-electron chi connectivity index (χ0n) is 11.8. The lowest BCUT2D eigenvalue weighted by Crippen LogP contribution is -2.35. The first kappa shape index (κ1) is 19.2. The van der Waals surface area contributed by atoms with Crippen LogP contribution in [-0.2, 0) is 4.79 Å². The van der Waals surface area contributed by atoms with Gasteiger partial charge >= 0.3 is 0 Å². The van der Waals surface area contributed by atoms with Gasteiger partial charge in [0.25, 0.3) is 0 Å². The molecule has 1 unspecified atom stereocenters. The molecule has 0 saturated heterocycles. The number of aromatic nitrogens is 2. The number of nitrogens with two attached hydrogens (primary N) is 1. The van der Waals surface area contributed by atoms with Crippen molar-refractivity contribution in [2.24, 2.45) is 5.73 Å². The summed E-state index contributed by atoms with van der Waals surface area (Å²) in [5, 5.41) is 11.1. The summed E-state index contributed by atoms with van der Waals surface area (Å²) < 4.78 is 0.818. The molecule has 1 aromatic heterocycles. The molecule has 0 bridgehead atoms. The summed E-state index contributed by atoms with van der Waals surface area (Å²) in [4.78, 5) is 12.7. The predicted octanol–water partition coefficient (Wildman–Crippen LogP) is 3.83. The third kappa shape index (κ3) is 5.40. The van der Waals surface area contributed by atoms with Gasteiger partial charge in [-0.25, -0.2) is 0 Å². The Morgan fingerprint density at radius 1 is 1.55 bits per heavy atom. The molecule has 3 N–H and O–H groups in total. The second-order valence-corrected chi connectivity index (χ2v) is 6.87. The number of benzene rings is 1. The Balaban J connectivity index is 0.00000242. The number of rotatable bonds is 6. The monoisotopic (exact) mass is 378 g/mol. The number of hydrogen-bond donors (Lipinski definition) is 2. The zero-order chi connectivity index (χ0) is 15.2. The Morgan fingerprint density at radius 2 is 2.32 bits per heavy atom. The van der Waals surface area contributed by atoms with Crippen LogP contribution >= 0.6 is 47.1 Å². The first-order valence-electron chi connectivity index (χ1n) is 6.40. The van der Waals surface area contributed by atoms with Gasteiger partial charge in [-0.2, -0.15) is 0 Å². The van der Waals surface area contributed by atoms with Crippen LogP contribution in [0.2, 0.25) is 5.02 Å². The third-order valence-electron chi connectivity index (χ3n) is 2.67. The van der Waals surface area contributed by atoms with Crippen molar-refractivity contribution in [2.75, 3.05) is 5.32 Å². The molecule has 120 valence electrons. The van der Waals surface area contributed by atoms with Gasteiger partial charge in [0.2, 0.25) is 5.91 Å². The van der Waals surface area contributed by atoms with Gasteiger partial charge in [-0.1, -0.05) is 48.0 Å². The van der Waals surface area contributed by atoms with Crippen molar-refractivity contribution in [3.05, 3.63) is 28.7 Å². The van der Waals surface area contributed by atoms with E-state index in [-0.39, 0.29) is 18.3 Å². The van der Waals surface area contributed by atoms with E-state index in [9.17, 15) is 4.79 Å². The van der Waals surface area contributed by atoms with Crippen molar-refractivity contribution in [1.82, 2.24) is 10.2 Å². The Labute approximate surface area is 148 Å². The molecule has 1 aromatic carbocycles. The molecule has 22 heavy (non-hydrogen) atoms. The lowest BCUT2D eigenvalue weighted by Gasteiger charge is -2.12. The van der Waals surface area contributed by atoms with Crippen LogP contribution in [0.15, 0.2) is 32.9 Å². The topological polar surface area (TPSA) is 80.9 Å². The molecule has 1 heterocycles. The highest BCUT2D eigenvalue weighted by atomic mass is 35.5. The molecule has 2 rings (SSSR count). The Kier molecular flexibility index (Phi) is 8.13. The second-order valence-electron chi connectivity index (χ2n) is 4.34. The Morgan fingerprint density at radius 3 is 2.91 bits per heavy atom. The molecule has 9 heteroatoms. The molecule has 5 nitrogen and oxygen atoms in total. The van der Waals surface area contributed by atoms with Crippen molar-refractivity contribution in [3.63, 3.8) is 0 Å². The molecule has 1 atom stereocenters. The van der Waals surface area contributed by atoms with Crippen LogP contribution in [0.3, 0.4) is 0 Å². The minimum atomic E-state index is -0.496. The van der Waals surface area contributed by atoms with E-state index in [0.29, 0.717) is 17.1 Å². The lowest BCUT2D eigenvalue weighted by atomic mass is 10.1. The van der Waals surface area contributed by atoms with Crippen LogP contribution in [0.1, 0.15) is 19.8 Å². The quantitative estimate of drug-likeness (QED) is 0.797. The molecule has 0 spiro atoms. The van der Waals surface area contributed by atoms with Crippen molar-refractivity contribution < 1.29 is 4.79 Å². The Hall–Kier alpha value is -0.860. The maximum Gasteiger partial charge on any atom is 0.241 e. The van der Waals surface area contributed by atoms with E-state index in [0.717, 1.165) is 15.7 Å². The van der Waals surface area contributed by atoms with Crippen LogP contribution in [0, 0.1) is 0 Å². The smallest absolute Gasteiger partial charge is 0.241 e. The molecule has 0 aliphatic carbocycles. The van der Waals surface area contributed by atoms with E-state index < -0.39 is 6.04 Å². The maximum absolute atomic E-state index is 11.9. The minimum Gasteiger partial charge on any atom is -0.325 e. The number of carbonyl (C=O) groups excluding carboxylic acids is 1. The van der Waals surface area contributed by atoms with E-state index in [1.54, 1.807) is 17.6 Å². The lowest BCUT2D eigenvalue weighted by molar-refractivity contribution is -0.117. The molecule has 0 fully saturated rings. The minimum absolute atomic E-state index is 0. The number of halogens is 2. The average molecular weight is 379 g/mol. The van der Waals surface area contributed by atoms with E-state index in [1.807, 2.05) is 13.0 Å². The van der Waals surface area contributed by atoms with Gasteiger partial charge in [-0.05, 0) is 24.6 Å². The van der Waals surface area contributed by atoms with E-state index in [4.69, 9.17) is 17.3 Å². The fourth-order valence-electron chi connectivity index (χ4n) is 1.64. The summed E-state index contributed by atoms with van der Waals surface area (Å²) in [5.74, 6) is -0.197. The summed E-state index contributed by atoms with van der Waals surface area (Å²) >= 11 is 9.11. The largest absolute Gasteiger partial charge is 0.325 e. The normalized spacial score (nSPS) is 11.6. The van der Waals surface area contributed by atoms with Gasteiger partial charge in [-0.3, -0.25) is 4.79 Å². The molecular formula is C13H16Cl2N4OS2. The van der Waals surface area contributed by atoms with Crippen LogP contribution < -0.4 is 11.1 Å². The molecular weight excluding hydrogens is 363 g/mol. The molecule has 0 aliphatic heterocycles. The molecule has 1 amide bonds. The number of hydrogen-bond acceptors (Lipinski definition) is 6. The average Bonchev–Trinajstić information content (AvgIpc) is 2.95. The second kappa shape index (κ2) is 9.32. The van der Waals surface area contributed by atoms with E-state index >= 15 is 0 Å². The van der Waals surface area contributed by atoms with Gasteiger partial charge in [0.05, 0.1) is 11.1 Å². The van der Waals surface area contributed by atoms with Crippen LogP contribution in [0.4, 0.5) is 5.69 Å². The van der Waals surface area contributed by atoms with Gasteiger partial charge in [0.1, 0.15) is 5.51 Å². The molecule has 0 saturated carbocycles. The van der Waals surface area contributed by atoms with E-state index in [2.05, 4.69) is 15.5 Å². The summed E-state index contributed by atoms with van der Waals surface area (Å²) in [5.41, 5.74) is 8.07. The summed E-state index contributed by atoms with van der Waals surface area (Å²) in [6.45, 7) is 1.99. The number of anilines is 1. The standard InChI is InChI=1S/C13H15ClN4OS2.ClH/c1-2-3-10(15)12(19)17-8-4-5-11(9(14)6-8)21-13-18-16-7-20-13;/h4-7,10H,2-3,15H2,1H3,(H,17,19);1H. The fraction of sp³-hybridized carbons (Fsp3) is 0.308. The molecule has 0 aliphatic rings. The van der Waals surface area contributed by atoms with Gasteiger partial charge in [0, 0.05) is 10.6 Å². The highest BCUT2D eigenvalue weighted by Crippen LogP contribution is 2.35. The van der Waals surface area contributed by atoms with E-state index in [1.165, 1.54) is 23.1 Å². The third-order valence-corrected chi connectivity index (χ3v) is 4.95. The molecule has 2 aromatic rings. The predicted molar refractivity (Wildman–Crippen MR) is 94.2 cm³/mol. The van der Waals surface area contributed by atoms with Crippen molar-refractivity contribution >= 4 is 58.7 Å². The van der Waals surface area contributed by atoms with Crippen LogP contribution in [-0.4, -0.2) is 22.1 Å². The number of amides is 1. The zero-order valence-corrected chi connectivity index (χ0v) is 15.0. The van der Waals surface area contributed by atoms with Crippen molar-refractivity contribution in [1.29, 1.82) is 0 Å². The fourth-order valence-corrected chi connectivity index (χ4v) is 3.37. The highest BCUT2D eigenvalue weighted by Gasteiger charge is 2.13. The van der Waals surface area contributed by atoms with Gasteiger partial charge < -0.3 is 11.1 Å². The number of nitrogens with one attached hydrogen (secondary N) is 1. The van der Waals surface area contributed by atoms with Gasteiger partial charge in [0.15, 0.2) is 4.34 Å². The SMILES string of the molecule is CCCC(N)C(=O)Nc1ccc(Sc2nncs2)c(Cl)c1.Cl. The highest BCUT2D eigenvalue weighted by molar-refractivity contribution is 8.01. The maximum atomic E-state index is 11.9. The first-order chi connectivity index (χ1) is 10.1. The first-order valence-corrected chi connectivity index (χ1v) is 8.47. The van der Waals surface area contributed by atoms with Crippen LogP contribution in [0.25, 0.3) is 0 Å². The summed E-state index contributed by atoms with van der Waals surface area (Å²) in [6, 6.07) is 4.85. The summed E-state index contributed by atoms with van der Waals surface area (Å²) in [7, 11) is 0. The Bertz CT molecular complexity index is 610. The van der Waals surface area contributed by atoms with Crippen molar-refractivity contribution in [3.8, 4) is 0 Å². The summed E-state index contributed by atoms with van der Waals surface area (Å²) in [6.07, 6.45) is 1.53. The van der Waals surface area contributed by atoms with Crippen LogP contribution in [0.5, 0.6) is 0 Å². The number of carbonyl (C=O) groups is 1.